The number of piperazine rings is 1. The number of hydrogen-bond acceptors (Lipinski definition) is 4. The van der Waals surface area contributed by atoms with Crippen molar-refractivity contribution in [3.05, 3.63) is 22.9 Å². The number of anilines is 1. The fourth-order valence-corrected chi connectivity index (χ4v) is 3.19. The van der Waals surface area contributed by atoms with Crippen LogP contribution in [0.2, 0.25) is 0 Å². The van der Waals surface area contributed by atoms with Crippen LogP contribution in [0.1, 0.15) is 37.6 Å². The van der Waals surface area contributed by atoms with Crippen LogP contribution in [0.15, 0.2) is 6.07 Å². The molecule has 0 atom stereocenters. The number of rotatable bonds is 2. The van der Waals surface area contributed by atoms with Crippen LogP contribution in [-0.2, 0) is 0 Å². The smallest absolute Gasteiger partial charge is 0.139 e. The molecule has 1 aromatic heterocycles. The van der Waals surface area contributed by atoms with Gasteiger partial charge in [0, 0.05) is 37.4 Å². The molecule has 2 N–H and O–H groups in total. The molecule has 1 aromatic rings. The molecular formula is C16H26N4S. The van der Waals surface area contributed by atoms with Gasteiger partial charge in [-0.05, 0) is 46.2 Å². The Labute approximate surface area is 133 Å². The molecule has 4 nitrogen and oxygen atoms in total. The maximum Gasteiger partial charge on any atom is 0.139 e. The van der Waals surface area contributed by atoms with Crippen molar-refractivity contribution in [1.82, 2.24) is 9.88 Å². The number of hydrogen-bond donors (Lipinski definition) is 1. The molecule has 0 radical (unpaired) electrons. The zero-order chi connectivity index (χ0) is 15.8. The molecule has 0 amide bonds. The second-order valence-corrected chi connectivity index (χ2v) is 7.23. The summed E-state index contributed by atoms with van der Waals surface area (Å²) in [5.41, 5.74) is 9.20. The van der Waals surface area contributed by atoms with Crippen LogP contribution in [0.3, 0.4) is 0 Å². The van der Waals surface area contributed by atoms with E-state index in [2.05, 4.69) is 37.5 Å². The lowest BCUT2D eigenvalue weighted by molar-refractivity contribution is 0.128. The van der Waals surface area contributed by atoms with E-state index < -0.39 is 0 Å². The number of pyridine rings is 1. The van der Waals surface area contributed by atoms with Crippen molar-refractivity contribution in [2.75, 3.05) is 31.1 Å². The molecule has 1 saturated heterocycles. The molecule has 1 fully saturated rings. The fraction of sp³-hybridized carbons (Fsp3) is 0.625. The monoisotopic (exact) mass is 306 g/mol. The van der Waals surface area contributed by atoms with E-state index in [0.717, 1.165) is 48.8 Å². The minimum absolute atomic E-state index is 0.216. The SMILES string of the molecule is Cc1cc(C)c(C(N)=S)c(N2CCN(C(C)(C)C)CC2)n1. The van der Waals surface area contributed by atoms with Gasteiger partial charge in [0.25, 0.3) is 0 Å². The Morgan fingerprint density at radius 3 is 2.24 bits per heavy atom. The maximum absolute atomic E-state index is 5.92. The van der Waals surface area contributed by atoms with E-state index in [1.807, 2.05) is 13.0 Å². The summed E-state index contributed by atoms with van der Waals surface area (Å²) in [6.45, 7) is 14.9. The summed E-state index contributed by atoms with van der Waals surface area (Å²) in [5.74, 6) is 0.952. The fourth-order valence-electron chi connectivity index (χ4n) is 2.94. The summed E-state index contributed by atoms with van der Waals surface area (Å²) in [6, 6.07) is 2.05. The Morgan fingerprint density at radius 2 is 1.76 bits per heavy atom. The van der Waals surface area contributed by atoms with Crippen LogP contribution in [0, 0.1) is 13.8 Å². The molecule has 2 rings (SSSR count). The van der Waals surface area contributed by atoms with Gasteiger partial charge in [0.15, 0.2) is 0 Å². The predicted molar refractivity (Wildman–Crippen MR) is 93.1 cm³/mol. The zero-order valence-electron chi connectivity index (χ0n) is 13.7. The van der Waals surface area contributed by atoms with E-state index >= 15 is 0 Å². The van der Waals surface area contributed by atoms with Gasteiger partial charge in [-0.15, -0.1) is 0 Å². The second-order valence-electron chi connectivity index (χ2n) is 6.79. The summed E-state index contributed by atoms with van der Waals surface area (Å²) in [5, 5.41) is 0. The number of thiocarbonyl (C=S) groups is 1. The highest BCUT2D eigenvalue weighted by molar-refractivity contribution is 7.80. The molecule has 0 saturated carbocycles. The van der Waals surface area contributed by atoms with E-state index in [1.165, 1.54) is 0 Å². The third kappa shape index (κ3) is 3.52. The van der Waals surface area contributed by atoms with Gasteiger partial charge in [0.2, 0.25) is 0 Å². The molecule has 116 valence electrons. The number of nitrogens with zero attached hydrogens (tertiary/aromatic N) is 3. The molecule has 0 unspecified atom stereocenters. The summed E-state index contributed by atoms with van der Waals surface area (Å²) < 4.78 is 0. The lowest BCUT2D eigenvalue weighted by Gasteiger charge is -2.43. The molecule has 0 spiro atoms. The van der Waals surface area contributed by atoms with E-state index in [9.17, 15) is 0 Å². The first-order valence-corrected chi connectivity index (χ1v) is 7.89. The molecular weight excluding hydrogens is 280 g/mol. The zero-order valence-corrected chi connectivity index (χ0v) is 14.5. The van der Waals surface area contributed by atoms with Crippen molar-refractivity contribution in [3.63, 3.8) is 0 Å². The summed E-state index contributed by atoms with van der Waals surface area (Å²) in [7, 11) is 0. The Morgan fingerprint density at radius 1 is 1.19 bits per heavy atom. The third-order valence-corrected chi connectivity index (χ3v) is 4.30. The number of aromatic nitrogens is 1. The third-order valence-electron chi connectivity index (χ3n) is 4.10. The lowest BCUT2D eigenvalue weighted by atomic mass is 10.0. The quantitative estimate of drug-likeness (QED) is 0.849. The van der Waals surface area contributed by atoms with Gasteiger partial charge in [-0.25, -0.2) is 4.98 Å². The van der Waals surface area contributed by atoms with Gasteiger partial charge in [-0.2, -0.15) is 0 Å². The Kier molecular flexibility index (Phi) is 4.54. The van der Waals surface area contributed by atoms with Crippen LogP contribution < -0.4 is 10.6 Å². The minimum Gasteiger partial charge on any atom is -0.389 e. The molecule has 0 bridgehead atoms. The van der Waals surface area contributed by atoms with E-state index in [0.29, 0.717) is 4.99 Å². The molecule has 0 aliphatic carbocycles. The number of nitrogens with two attached hydrogens (primary N) is 1. The van der Waals surface area contributed by atoms with E-state index in [-0.39, 0.29) is 5.54 Å². The minimum atomic E-state index is 0.216. The highest BCUT2D eigenvalue weighted by Gasteiger charge is 2.28. The van der Waals surface area contributed by atoms with Crippen LogP contribution in [0.5, 0.6) is 0 Å². The Balaban J connectivity index is 2.26. The highest BCUT2D eigenvalue weighted by atomic mass is 32.1. The van der Waals surface area contributed by atoms with Crippen LogP contribution in [0.4, 0.5) is 5.82 Å². The maximum atomic E-state index is 5.92. The lowest BCUT2D eigenvalue weighted by Crippen LogP contribution is -2.54. The summed E-state index contributed by atoms with van der Waals surface area (Å²) in [6.07, 6.45) is 0. The van der Waals surface area contributed by atoms with Crippen molar-refractivity contribution in [3.8, 4) is 0 Å². The predicted octanol–water partition coefficient (Wildman–Crippen LogP) is 2.25. The van der Waals surface area contributed by atoms with E-state index in [4.69, 9.17) is 22.9 Å². The first kappa shape index (κ1) is 16.2. The normalized spacial score (nSPS) is 17.1. The molecule has 1 aliphatic rings. The van der Waals surface area contributed by atoms with Crippen molar-refractivity contribution < 1.29 is 0 Å². The first-order valence-electron chi connectivity index (χ1n) is 7.48. The second kappa shape index (κ2) is 5.89. The molecule has 21 heavy (non-hydrogen) atoms. The van der Waals surface area contributed by atoms with Gasteiger partial charge in [0.1, 0.15) is 10.8 Å². The summed E-state index contributed by atoms with van der Waals surface area (Å²) in [4.78, 5) is 9.97. The molecule has 2 heterocycles. The van der Waals surface area contributed by atoms with Crippen LogP contribution in [-0.4, -0.2) is 46.6 Å². The summed E-state index contributed by atoms with van der Waals surface area (Å²) >= 11 is 5.23. The standard InChI is InChI=1S/C16H26N4S/c1-11-10-12(2)18-15(13(11)14(17)21)19-6-8-20(9-7-19)16(3,4)5/h10H,6-9H2,1-5H3,(H2,17,21). The van der Waals surface area contributed by atoms with E-state index in [1.54, 1.807) is 0 Å². The van der Waals surface area contributed by atoms with Gasteiger partial charge < -0.3 is 10.6 Å². The van der Waals surface area contributed by atoms with Gasteiger partial charge in [-0.3, -0.25) is 4.90 Å². The first-order chi connectivity index (χ1) is 9.70. The molecule has 0 aromatic carbocycles. The Hall–Kier alpha value is -1.20. The Bertz CT molecular complexity index is 540. The van der Waals surface area contributed by atoms with Gasteiger partial charge >= 0.3 is 0 Å². The molecule has 1 aliphatic heterocycles. The number of aryl methyl sites for hydroxylation is 2. The van der Waals surface area contributed by atoms with Crippen molar-refractivity contribution in [2.24, 2.45) is 5.73 Å². The van der Waals surface area contributed by atoms with Gasteiger partial charge in [-0.1, -0.05) is 12.2 Å². The largest absolute Gasteiger partial charge is 0.389 e. The van der Waals surface area contributed by atoms with Crippen molar-refractivity contribution in [1.29, 1.82) is 0 Å². The van der Waals surface area contributed by atoms with Crippen molar-refractivity contribution >= 4 is 23.0 Å². The molecule has 5 heteroatoms. The van der Waals surface area contributed by atoms with Crippen LogP contribution in [0.25, 0.3) is 0 Å². The van der Waals surface area contributed by atoms with Crippen molar-refractivity contribution in [2.45, 2.75) is 40.2 Å². The topological polar surface area (TPSA) is 45.4 Å². The highest BCUT2D eigenvalue weighted by Crippen LogP contribution is 2.25. The van der Waals surface area contributed by atoms with Crippen LogP contribution >= 0.6 is 12.2 Å². The average molecular weight is 306 g/mol. The average Bonchev–Trinajstić information content (AvgIpc) is 2.36. The van der Waals surface area contributed by atoms with Gasteiger partial charge in [0.05, 0.1) is 5.56 Å².